The predicted molar refractivity (Wildman–Crippen MR) is 114 cm³/mol. The van der Waals surface area contributed by atoms with Crippen LogP contribution in [0.1, 0.15) is 27.5 Å². The molecule has 0 fully saturated rings. The highest BCUT2D eigenvalue weighted by atomic mass is 32.2. The van der Waals surface area contributed by atoms with Crippen molar-refractivity contribution in [3.05, 3.63) is 50.9 Å². The lowest BCUT2D eigenvalue weighted by molar-refractivity contribution is -0.119. The molecule has 29 heavy (non-hydrogen) atoms. The molecule has 4 rings (SSSR count). The summed E-state index contributed by atoms with van der Waals surface area (Å²) in [4.78, 5) is 43.8. The first-order valence-corrected chi connectivity index (χ1v) is 11.2. The summed E-state index contributed by atoms with van der Waals surface area (Å²) in [6, 6.07) is 7.40. The van der Waals surface area contributed by atoms with E-state index in [0.29, 0.717) is 32.9 Å². The molecule has 1 aromatic carbocycles. The van der Waals surface area contributed by atoms with Crippen LogP contribution in [-0.4, -0.2) is 34.3 Å². The van der Waals surface area contributed by atoms with E-state index in [9.17, 15) is 14.4 Å². The van der Waals surface area contributed by atoms with Gasteiger partial charge in [0, 0.05) is 23.5 Å². The van der Waals surface area contributed by atoms with Gasteiger partial charge >= 0.3 is 5.97 Å². The fraction of sp³-hybridized carbons (Fsp3) is 0.300. The van der Waals surface area contributed by atoms with E-state index in [1.165, 1.54) is 0 Å². The lowest BCUT2D eigenvalue weighted by Gasteiger charge is -2.07. The highest BCUT2D eigenvalue weighted by molar-refractivity contribution is 7.98. The minimum absolute atomic E-state index is 0.110. The summed E-state index contributed by atoms with van der Waals surface area (Å²) in [5.74, 6) is -0.286. The van der Waals surface area contributed by atoms with E-state index in [4.69, 9.17) is 4.74 Å². The zero-order chi connectivity index (χ0) is 20.5. The van der Waals surface area contributed by atoms with Gasteiger partial charge in [0.2, 0.25) is 0 Å². The second-order valence-corrected chi connectivity index (χ2v) is 8.56. The van der Waals surface area contributed by atoms with E-state index in [1.54, 1.807) is 29.3 Å². The molecule has 150 valence electrons. The Balaban J connectivity index is 1.48. The molecule has 1 N–H and O–H groups in total. The van der Waals surface area contributed by atoms with Crippen molar-refractivity contribution in [1.82, 2.24) is 9.55 Å². The first-order valence-electron chi connectivity index (χ1n) is 9.11. The Hall–Kier alpha value is -2.65. The summed E-state index contributed by atoms with van der Waals surface area (Å²) in [7, 11) is 0. The minimum Gasteiger partial charge on any atom is -0.451 e. The third-order valence-electron chi connectivity index (χ3n) is 4.78. The van der Waals surface area contributed by atoms with Gasteiger partial charge in [-0.15, -0.1) is 23.1 Å². The van der Waals surface area contributed by atoms with Crippen LogP contribution in [0.3, 0.4) is 0 Å². The topological polar surface area (TPSA) is 90.3 Å². The molecular weight excluding hydrogens is 410 g/mol. The molecule has 0 aliphatic carbocycles. The van der Waals surface area contributed by atoms with Crippen molar-refractivity contribution in [1.29, 1.82) is 0 Å². The second kappa shape index (κ2) is 8.00. The molecule has 0 bridgehead atoms. The van der Waals surface area contributed by atoms with Crippen molar-refractivity contribution in [3.8, 4) is 0 Å². The molecule has 0 saturated carbocycles. The molecule has 7 nitrogen and oxygen atoms in total. The van der Waals surface area contributed by atoms with Gasteiger partial charge in [-0.2, -0.15) is 0 Å². The number of amides is 1. The monoisotopic (exact) mass is 429 g/mol. The third kappa shape index (κ3) is 3.79. The Bertz CT molecular complexity index is 1180. The number of esters is 1. The number of hydrogen-bond donors (Lipinski definition) is 1. The van der Waals surface area contributed by atoms with Crippen LogP contribution in [0.4, 0.5) is 5.69 Å². The van der Waals surface area contributed by atoms with Crippen LogP contribution in [-0.2, 0) is 22.5 Å². The average Bonchev–Trinajstić information content (AvgIpc) is 3.31. The fourth-order valence-corrected chi connectivity index (χ4v) is 4.91. The molecule has 0 atom stereocenters. The molecule has 1 aliphatic heterocycles. The summed E-state index contributed by atoms with van der Waals surface area (Å²) in [6.45, 7) is 1.97. The molecule has 9 heteroatoms. The van der Waals surface area contributed by atoms with Crippen LogP contribution < -0.4 is 10.9 Å². The molecule has 0 spiro atoms. The standard InChI is InChI=1S/C20H19N3O4S2/c1-11-16-18(22-14-7-4-8-23(14)19(16)25)29-17(11)20(26)27-10-15(24)21-12-5-3-6-13(9-12)28-2/h3,5-6,9H,4,7-8,10H2,1-2H3,(H,21,24). The molecule has 1 aliphatic rings. The van der Waals surface area contributed by atoms with Gasteiger partial charge in [-0.05, 0) is 43.4 Å². The van der Waals surface area contributed by atoms with Gasteiger partial charge in [0.1, 0.15) is 15.5 Å². The molecule has 2 aromatic heterocycles. The number of fused-ring (bicyclic) bond motifs is 2. The normalized spacial score (nSPS) is 12.8. The van der Waals surface area contributed by atoms with E-state index in [2.05, 4.69) is 10.3 Å². The molecule has 0 saturated heterocycles. The van der Waals surface area contributed by atoms with Crippen molar-refractivity contribution < 1.29 is 14.3 Å². The van der Waals surface area contributed by atoms with Crippen LogP contribution in [0.2, 0.25) is 0 Å². The Morgan fingerprint density at radius 1 is 1.38 bits per heavy atom. The summed E-state index contributed by atoms with van der Waals surface area (Å²) >= 11 is 2.71. The van der Waals surface area contributed by atoms with Crippen molar-refractivity contribution in [2.45, 2.75) is 31.2 Å². The number of thioether (sulfide) groups is 1. The van der Waals surface area contributed by atoms with Gasteiger partial charge in [0.05, 0.1) is 5.39 Å². The highest BCUT2D eigenvalue weighted by Gasteiger charge is 2.24. The van der Waals surface area contributed by atoms with Crippen LogP contribution in [0.25, 0.3) is 10.2 Å². The lowest BCUT2D eigenvalue weighted by atomic mass is 10.2. The average molecular weight is 430 g/mol. The number of aryl methyl sites for hydroxylation is 2. The number of ether oxygens (including phenoxy) is 1. The maximum absolute atomic E-state index is 12.7. The molecule has 3 aromatic rings. The Labute approximate surface area is 175 Å². The first-order chi connectivity index (χ1) is 14.0. The van der Waals surface area contributed by atoms with E-state index in [0.717, 1.165) is 34.9 Å². The quantitative estimate of drug-likeness (QED) is 0.495. The Morgan fingerprint density at radius 3 is 3.00 bits per heavy atom. The van der Waals surface area contributed by atoms with Gasteiger partial charge in [-0.1, -0.05) is 6.07 Å². The summed E-state index contributed by atoms with van der Waals surface area (Å²) in [5, 5.41) is 3.18. The molecule has 1 amide bonds. The van der Waals surface area contributed by atoms with Crippen molar-refractivity contribution in [3.63, 3.8) is 0 Å². The molecule has 3 heterocycles. The van der Waals surface area contributed by atoms with Gasteiger partial charge < -0.3 is 10.1 Å². The number of nitrogens with zero attached hydrogens (tertiary/aromatic N) is 2. The SMILES string of the molecule is CSc1cccc(NC(=O)COC(=O)c2sc3nc4n(c(=O)c3c2C)CCC4)c1. The van der Waals surface area contributed by atoms with Crippen LogP contribution >= 0.6 is 23.1 Å². The second-order valence-electron chi connectivity index (χ2n) is 6.68. The Morgan fingerprint density at radius 2 is 2.21 bits per heavy atom. The number of carbonyl (C=O) groups is 2. The maximum Gasteiger partial charge on any atom is 0.349 e. The third-order valence-corrected chi connectivity index (χ3v) is 6.68. The number of carbonyl (C=O) groups excluding carboxylic acids is 2. The largest absolute Gasteiger partial charge is 0.451 e. The molecular formula is C20H19N3O4S2. The number of hydrogen-bond acceptors (Lipinski definition) is 7. The van der Waals surface area contributed by atoms with Crippen LogP contribution in [0.5, 0.6) is 0 Å². The van der Waals surface area contributed by atoms with Crippen molar-refractivity contribution in [2.24, 2.45) is 0 Å². The van der Waals surface area contributed by atoms with Gasteiger partial charge in [-0.25, -0.2) is 9.78 Å². The number of anilines is 1. The fourth-order valence-electron chi connectivity index (χ4n) is 3.36. The van der Waals surface area contributed by atoms with E-state index in [1.807, 2.05) is 24.5 Å². The zero-order valence-corrected chi connectivity index (χ0v) is 17.6. The highest BCUT2D eigenvalue weighted by Crippen LogP contribution is 2.29. The number of rotatable bonds is 5. The van der Waals surface area contributed by atoms with E-state index >= 15 is 0 Å². The number of aromatic nitrogens is 2. The van der Waals surface area contributed by atoms with E-state index < -0.39 is 18.5 Å². The zero-order valence-electron chi connectivity index (χ0n) is 16.0. The lowest BCUT2D eigenvalue weighted by Crippen LogP contribution is -2.21. The summed E-state index contributed by atoms with van der Waals surface area (Å²) < 4.78 is 6.86. The van der Waals surface area contributed by atoms with Crippen molar-refractivity contribution in [2.75, 3.05) is 18.2 Å². The van der Waals surface area contributed by atoms with Crippen LogP contribution in [0, 0.1) is 6.92 Å². The predicted octanol–water partition coefficient (Wildman–Crippen LogP) is 3.23. The minimum atomic E-state index is -0.622. The van der Waals surface area contributed by atoms with Crippen LogP contribution in [0.15, 0.2) is 34.0 Å². The Kier molecular flexibility index (Phi) is 5.42. The van der Waals surface area contributed by atoms with Gasteiger partial charge in [0.25, 0.3) is 11.5 Å². The number of nitrogens with one attached hydrogen (secondary N) is 1. The smallest absolute Gasteiger partial charge is 0.349 e. The number of benzene rings is 1. The van der Waals surface area contributed by atoms with Gasteiger partial charge in [-0.3, -0.25) is 14.2 Å². The summed E-state index contributed by atoms with van der Waals surface area (Å²) in [5.41, 5.74) is 1.09. The number of thiophene rings is 1. The van der Waals surface area contributed by atoms with E-state index in [-0.39, 0.29) is 5.56 Å². The summed E-state index contributed by atoms with van der Waals surface area (Å²) in [6.07, 6.45) is 3.62. The molecule has 0 radical (unpaired) electrons. The van der Waals surface area contributed by atoms with Gasteiger partial charge in [0.15, 0.2) is 6.61 Å². The molecule has 0 unspecified atom stereocenters. The van der Waals surface area contributed by atoms with Crippen molar-refractivity contribution >= 4 is 50.9 Å². The maximum atomic E-state index is 12.7. The first kappa shape index (κ1) is 19.7.